The normalized spacial score (nSPS) is 16.1. The van der Waals surface area contributed by atoms with Crippen LogP contribution in [-0.2, 0) is 9.63 Å². The van der Waals surface area contributed by atoms with Crippen molar-refractivity contribution < 1.29 is 9.63 Å². The summed E-state index contributed by atoms with van der Waals surface area (Å²) in [5.41, 5.74) is 2.70. The fraction of sp³-hybridized carbons (Fsp3) is 0. The topological polar surface area (TPSA) is 38.7 Å². The molecule has 1 heterocycles. The fourth-order valence-electron chi connectivity index (χ4n) is 2.09. The van der Waals surface area contributed by atoms with Crippen LogP contribution in [0.2, 0.25) is 5.02 Å². The molecular weight excluding hydrogens is 298 g/mol. The average molecular weight is 310 g/mol. The summed E-state index contributed by atoms with van der Waals surface area (Å²) >= 11 is 5.98. The minimum absolute atomic E-state index is 0.412. The lowest BCUT2D eigenvalue weighted by atomic mass is 10.0. The number of carbonyl (C=O) groups excluding carboxylic acids is 1. The lowest BCUT2D eigenvalue weighted by Gasteiger charge is -1.99. The fourth-order valence-corrected chi connectivity index (χ4v) is 2.28. The smallest absolute Gasteiger partial charge is 0.312 e. The van der Waals surface area contributed by atoms with Crippen molar-refractivity contribution in [3.63, 3.8) is 0 Å². The molecule has 0 N–H and O–H groups in total. The van der Waals surface area contributed by atoms with Gasteiger partial charge in [0.25, 0.3) is 0 Å². The number of rotatable bonds is 3. The van der Waals surface area contributed by atoms with Crippen molar-refractivity contribution in [2.24, 2.45) is 5.16 Å². The van der Waals surface area contributed by atoms with E-state index >= 15 is 0 Å². The highest BCUT2D eigenvalue weighted by atomic mass is 35.5. The summed E-state index contributed by atoms with van der Waals surface area (Å²) in [5, 5.41) is 4.42. The van der Waals surface area contributed by atoms with Gasteiger partial charge in [-0.2, -0.15) is 0 Å². The Morgan fingerprint density at radius 2 is 1.86 bits per heavy atom. The van der Waals surface area contributed by atoms with Crippen LogP contribution >= 0.6 is 11.6 Å². The number of allylic oxidation sites excluding steroid dienone is 2. The maximum Gasteiger partial charge on any atom is 0.368 e. The molecule has 0 amide bonds. The first kappa shape index (κ1) is 14.3. The highest BCUT2D eigenvalue weighted by Gasteiger charge is 2.26. The molecule has 1 aliphatic rings. The van der Waals surface area contributed by atoms with Gasteiger partial charge >= 0.3 is 5.97 Å². The first-order valence-electron chi connectivity index (χ1n) is 6.73. The summed E-state index contributed by atoms with van der Waals surface area (Å²) in [5.74, 6) is -0.465. The number of hydrogen-bond donors (Lipinski definition) is 0. The second-order valence-electron chi connectivity index (χ2n) is 4.68. The van der Waals surface area contributed by atoms with Gasteiger partial charge in [0.15, 0.2) is 0 Å². The molecule has 2 aromatic rings. The highest BCUT2D eigenvalue weighted by Crippen LogP contribution is 2.20. The lowest BCUT2D eigenvalue weighted by molar-refractivity contribution is -0.136. The van der Waals surface area contributed by atoms with Gasteiger partial charge in [0, 0.05) is 10.6 Å². The van der Waals surface area contributed by atoms with Gasteiger partial charge in [0.2, 0.25) is 0 Å². The number of nitrogens with zero attached hydrogens (tertiary/aromatic N) is 1. The van der Waals surface area contributed by atoms with E-state index in [4.69, 9.17) is 16.4 Å². The molecule has 3 rings (SSSR count). The predicted octanol–water partition coefficient (Wildman–Crippen LogP) is 4.24. The summed E-state index contributed by atoms with van der Waals surface area (Å²) in [6.45, 7) is 0. The van der Waals surface area contributed by atoms with Crippen molar-refractivity contribution >= 4 is 29.4 Å². The molecular formula is C18H12ClNO2. The standard InChI is InChI=1S/C18H12ClNO2/c19-15-10-5-9-14(12-15)17-16(18(21)22-20-17)11-4-8-13-6-2-1-3-7-13/h1-12H. The Morgan fingerprint density at radius 3 is 2.64 bits per heavy atom. The number of hydrogen-bond acceptors (Lipinski definition) is 3. The lowest BCUT2D eigenvalue weighted by Crippen LogP contribution is -2.06. The molecule has 4 heteroatoms. The van der Waals surface area contributed by atoms with Gasteiger partial charge in [0.05, 0.1) is 5.57 Å². The number of benzene rings is 2. The molecule has 0 atom stereocenters. The van der Waals surface area contributed by atoms with Crippen LogP contribution in [0.4, 0.5) is 0 Å². The zero-order chi connectivity index (χ0) is 15.4. The van der Waals surface area contributed by atoms with E-state index in [1.54, 1.807) is 30.4 Å². The summed E-state index contributed by atoms with van der Waals surface area (Å²) in [6, 6.07) is 17.0. The molecule has 3 nitrogen and oxygen atoms in total. The van der Waals surface area contributed by atoms with Crippen LogP contribution in [0.25, 0.3) is 6.08 Å². The Morgan fingerprint density at radius 1 is 1.05 bits per heavy atom. The van der Waals surface area contributed by atoms with E-state index in [9.17, 15) is 4.79 Å². The maximum absolute atomic E-state index is 11.8. The second-order valence-corrected chi connectivity index (χ2v) is 5.12. The van der Waals surface area contributed by atoms with Crippen LogP contribution in [0.3, 0.4) is 0 Å². The first-order chi connectivity index (χ1) is 10.7. The summed E-state index contributed by atoms with van der Waals surface area (Å²) in [7, 11) is 0. The van der Waals surface area contributed by atoms with Gasteiger partial charge in [-0.05, 0) is 23.8 Å². The quantitative estimate of drug-likeness (QED) is 0.628. The van der Waals surface area contributed by atoms with Gasteiger partial charge in [-0.15, -0.1) is 0 Å². The highest BCUT2D eigenvalue weighted by molar-refractivity contribution is 6.33. The van der Waals surface area contributed by atoms with E-state index in [0.29, 0.717) is 16.3 Å². The van der Waals surface area contributed by atoms with Crippen LogP contribution in [0.15, 0.2) is 77.5 Å². The molecule has 2 aromatic carbocycles. The molecule has 22 heavy (non-hydrogen) atoms. The van der Waals surface area contributed by atoms with Crippen molar-refractivity contribution in [3.8, 4) is 0 Å². The second kappa shape index (κ2) is 6.41. The predicted molar refractivity (Wildman–Crippen MR) is 87.6 cm³/mol. The Balaban J connectivity index is 1.88. The Bertz CT molecular complexity index is 792. The molecule has 0 aromatic heterocycles. The number of halogens is 1. The van der Waals surface area contributed by atoms with Gasteiger partial charge < -0.3 is 4.84 Å². The molecule has 0 fully saturated rings. The van der Waals surface area contributed by atoms with E-state index in [1.807, 2.05) is 42.5 Å². The van der Waals surface area contributed by atoms with Gasteiger partial charge in [-0.3, -0.25) is 0 Å². The minimum Gasteiger partial charge on any atom is -0.312 e. The Labute approximate surface area is 133 Å². The maximum atomic E-state index is 11.8. The van der Waals surface area contributed by atoms with Crippen molar-refractivity contribution in [1.29, 1.82) is 0 Å². The Kier molecular flexibility index (Phi) is 4.17. The third-order valence-corrected chi connectivity index (χ3v) is 3.38. The largest absolute Gasteiger partial charge is 0.368 e. The third kappa shape index (κ3) is 3.15. The zero-order valence-corrected chi connectivity index (χ0v) is 12.3. The van der Waals surface area contributed by atoms with Gasteiger partial charge in [-0.25, -0.2) is 4.79 Å². The van der Waals surface area contributed by atoms with E-state index in [0.717, 1.165) is 11.1 Å². The molecule has 0 saturated heterocycles. The number of carbonyl (C=O) groups is 1. The number of oxime groups is 1. The summed E-state index contributed by atoms with van der Waals surface area (Å²) < 4.78 is 0. The molecule has 1 aliphatic heterocycles. The van der Waals surface area contributed by atoms with Crippen molar-refractivity contribution in [1.82, 2.24) is 0 Å². The molecule has 0 saturated carbocycles. The van der Waals surface area contributed by atoms with E-state index in [1.165, 1.54) is 0 Å². The van der Waals surface area contributed by atoms with Crippen LogP contribution in [0.5, 0.6) is 0 Å². The van der Waals surface area contributed by atoms with E-state index < -0.39 is 5.97 Å². The van der Waals surface area contributed by atoms with Crippen molar-refractivity contribution in [2.45, 2.75) is 0 Å². The molecule has 0 radical (unpaired) electrons. The molecule has 0 spiro atoms. The van der Waals surface area contributed by atoms with Crippen LogP contribution in [0.1, 0.15) is 11.1 Å². The SMILES string of the molecule is O=C1ON=C(c2cccc(Cl)c2)C1=CC=Cc1ccccc1. The average Bonchev–Trinajstić information content (AvgIpc) is 2.90. The van der Waals surface area contributed by atoms with Crippen molar-refractivity contribution in [3.05, 3.63) is 88.5 Å². The molecule has 0 aliphatic carbocycles. The van der Waals surface area contributed by atoms with Crippen LogP contribution in [-0.4, -0.2) is 11.7 Å². The summed E-state index contributed by atoms with van der Waals surface area (Å²) in [4.78, 5) is 16.6. The van der Waals surface area contributed by atoms with E-state index in [2.05, 4.69) is 5.16 Å². The van der Waals surface area contributed by atoms with E-state index in [-0.39, 0.29) is 0 Å². The summed E-state index contributed by atoms with van der Waals surface area (Å²) in [6.07, 6.45) is 5.41. The minimum atomic E-state index is -0.465. The third-order valence-electron chi connectivity index (χ3n) is 3.14. The Hall–Kier alpha value is -2.65. The van der Waals surface area contributed by atoms with Crippen LogP contribution in [0, 0.1) is 0 Å². The van der Waals surface area contributed by atoms with Crippen LogP contribution < -0.4 is 0 Å². The van der Waals surface area contributed by atoms with Gasteiger partial charge in [0.1, 0.15) is 5.71 Å². The van der Waals surface area contributed by atoms with Gasteiger partial charge in [-0.1, -0.05) is 71.4 Å². The molecule has 108 valence electrons. The monoisotopic (exact) mass is 309 g/mol. The zero-order valence-electron chi connectivity index (χ0n) is 11.6. The first-order valence-corrected chi connectivity index (χ1v) is 7.11. The molecule has 0 unspecified atom stereocenters. The van der Waals surface area contributed by atoms with Crippen molar-refractivity contribution in [2.75, 3.05) is 0 Å². The molecule has 0 bridgehead atoms.